The molecule has 0 heterocycles. The SMILES string of the molecule is CC(=O)c1ccc(OC(C)C(=O)Nc2cccc(C#N)c2)cc1. The van der Waals surface area contributed by atoms with Crippen molar-refractivity contribution in [2.75, 3.05) is 5.32 Å². The zero-order chi connectivity index (χ0) is 16.8. The van der Waals surface area contributed by atoms with Gasteiger partial charge in [-0.3, -0.25) is 9.59 Å². The lowest BCUT2D eigenvalue weighted by molar-refractivity contribution is -0.122. The Morgan fingerprint density at radius 1 is 1.17 bits per heavy atom. The van der Waals surface area contributed by atoms with Gasteiger partial charge in [0.2, 0.25) is 0 Å². The molecule has 0 aliphatic heterocycles. The van der Waals surface area contributed by atoms with Crippen LogP contribution in [0, 0.1) is 11.3 Å². The molecule has 2 aromatic carbocycles. The molecular weight excluding hydrogens is 292 g/mol. The normalized spacial score (nSPS) is 11.2. The first-order valence-electron chi connectivity index (χ1n) is 7.08. The lowest BCUT2D eigenvalue weighted by Gasteiger charge is -2.15. The molecule has 1 atom stereocenters. The van der Waals surface area contributed by atoms with Crippen LogP contribution >= 0.6 is 0 Å². The van der Waals surface area contributed by atoms with Crippen LogP contribution < -0.4 is 10.1 Å². The van der Waals surface area contributed by atoms with Gasteiger partial charge in [0, 0.05) is 11.3 Å². The molecule has 0 saturated heterocycles. The highest BCUT2D eigenvalue weighted by Crippen LogP contribution is 2.16. The number of rotatable bonds is 5. The lowest BCUT2D eigenvalue weighted by Crippen LogP contribution is -2.30. The maximum Gasteiger partial charge on any atom is 0.265 e. The third-order valence-electron chi connectivity index (χ3n) is 3.20. The fraction of sp³-hybridized carbons (Fsp3) is 0.167. The van der Waals surface area contributed by atoms with Gasteiger partial charge in [-0.05, 0) is 56.3 Å². The van der Waals surface area contributed by atoms with E-state index in [4.69, 9.17) is 10.00 Å². The van der Waals surface area contributed by atoms with Crippen LogP contribution in [0.5, 0.6) is 5.75 Å². The van der Waals surface area contributed by atoms with Crippen LogP contribution in [0.3, 0.4) is 0 Å². The molecule has 2 rings (SSSR count). The van der Waals surface area contributed by atoms with E-state index >= 15 is 0 Å². The van der Waals surface area contributed by atoms with Crippen molar-refractivity contribution in [3.8, 4) is 11.8 Å². The van der Waals surface area contributed by atoms with Gasteiger partial charge in [-0.15, -0.1) is 0 Å². The number of carbonyl (C=O) groups excluding carboxylic acids is 2. The van der Waals surface area contributed by atoms with Gasteiger partial charge in [-0.2, -0.15) is 5.26 Å². The number of benzene rings is 2. The molecule has 0 aliphatic rings. The van der Waals surface area contributed by atoms with Crippen molar-refractivity contribution < 1.29 is 14.3 Å². The first-order chi connectivity index (χ1) is 11.0. The van der Waals surface area contributed by atoms with Gasteiger partial charge in [0.25, 0.3) is 5.91 Å². The van der Waals surface area contributed by atoms with Gasteiger partial charge in [0.15, 0.2) is 11.9 Å². The molecule has 1 N–H and O–H groups in total. The molecule has 1 unspecified atom stereocenters. The van der Waals surface area contributed by atoms with E-state index in [1.165, 1.54) is 6.92 Å². The third kappa shape index (κ3) is 4.42. The number of ketones is 1. The number of hydrogen-bond donors (Lipinski definition) is 1. The number of nitrogens with one attached hydrogen (secondary N) is 1. The smallest absolute Gasteiger partial charge is 0.265 e. The van der Waals surface area contributed by atoms with Crippen molar-refractivity contribution in [2.45, 2.75) is 20.0 Å². The van der Waals surface area contributed by atoms with Gasteiger partial charge in [0.1, 0.15) is 5.75 Å². The number of nitriles is 1. The summed E-state index contributed by atoms with van der Waals surface area (Å²) < 4.78 is 5.55. The molecule has 0 aromatic heterocycles. The van der Waals surface area contributed by atoms with Crippen molar-refractivity contribution in [3.63, 3.8) is 0 Å². The van der Waals surface area contributed by atoms with E-state index in [1.807, 2.05) is 6.07 Å². The van der Waals surface area contributed by atoms with Crippen molar-refractivity contribution in [1.29, 1.82) is 5.26 Å². The van der Waals surface area contributed by atoms with Crippen LogP contribution in [0.1, 0.15) is 29.8 Å². The molecule has 116 valence electrons. The molecular formula is C18H16N2O3. The Hall–Kier alpha value is -3.13. The summed E-state index contributed by atoms with van der Waals surface area (Å²) in [7, 11) is 0. The predicted molar refractivity (Wildman–Crippen MR) is 86.3 cm³/mol. The molecule has 0 saturated carbocycles. The molecule has 0 aliphatic carbocycles. The second kappa shape index (κ2) is 7.23. The largest absolute Gasteiger partial charge is 0.481 e. The fourth-order valence-electron chi connectivity index (χ4n) is 1.94. The summed E-state index contributed by atoms with van der Waals surface area (Å²) in [5.41, 5.74) is 1.59. The summed E-state index contributed by atoms with van der Waals surface area (Å²) >= 11 is 0. The Kier molecular flexibility index (Phi) is 5.11. The average Bonchev–Trinajstić information content (AvgIpc) is 2.55. The monoisotopic (exact) mass is 308 g/mol. The van der Waals surface area contributed by atoms with Crippen LogP contribution in [-0.2, 0) is 4.79 Å². The lowest BCUT2D eigenvalue weighted by atomic mass is 10.1. The molecule has 23 heavy (non-hydrogen) atoms. The first-order valence-corrected chi connectivity index (χ1v) is 7.08. The Labute approximate surface area is 134 Å². The van der Waals surface area contributed by atoms with Crippen molar-refractivity contribution >= 4 is 17.4 Å². The van der Waals surface area contributed by atoms with Crippen molar-refractivity contribution in [2.24, 2.45) is 0 Å². The van der Waals surface area contributed by atoms with E-state index in [0.29, 0.717) is 22.6 Å². The Bertz CT molecular complexity index is 761. The summed E-state index contributed by atoms with van der Waals surface area (Å²) in [6.45, 7) is 3.11. The molecule has 2 aromatic rings. The van der Waals surface area contributed by atoms with Gasteiger partial charge in [0.05, 0.1) is 11.6 Å². The number of ether oxygens (including phenoxy) is 1. The number of nitrogens with zero attached hydrogens (tertiary/aromatic N) is 1. The van der Waals surface area contributed by atoms with Crippen molar-refractivity contribution in [1.82, 2.24) is 0 Å². The maximum atomic E-state index is 12.1. The molecule has 0 radical (unpaired) electrons. The molecule has 0 spiro atoms. The number of Topliss-reactive ketones (excluding diaryl/α,β-unsaturated/α-hetero) is 1. The van der Waals surface area contributed by atoms with Crippen LogP contribution in [-0.4, -0.2) is 17.8 Å². The topological polar surface area (TPSA) is 79.2 Å². The Morgan fingerprint density at radius 3 is 2.48 bits per heavy atom. The third-order valence-corrected chi connectivity index (χ3v) is 3.20. The van der Waals surface area contributed by atoms with Gasteiger partial charge in [-0.25, -0.2) is 0 Å². The molecule has 1 amide bonds. The highest BCUT2D eigenvalue weighted by molar-refractivity contribution is 5.95. The maximum absolute atomic E-state index is 12.1. The predicted octanol–water partition coefficient (Wildman–Crippen LogP) is 3.17. The summed E-state index contributed by atoms with van der Waals surface area (Å²) in [4.78, 5) is 23.3. The molecule has 5 nitrogen and oxygen atoms in total. The second-order valence-corrected chi connectivity index (χ2v) is 5.02. The highest BCUT2D eigenvalue weighted by Gasteiger charge is 2.15. The van der Waals surface area contributed by atoms with E-state index < -0.39 is 6.10 Å². The summed E-state index contributed by atoms with van der Waals surface area (Å²) in [6.07, 6.45) is -0.719. The second-order valence-electron chi connectivity index (χ2n) is 5.02. The minimum atomic E-state index is -0.719. The number of hydrogen-bond acceptors (Lipinski definition) is 4. The van der Waals surface area contributed by atoms with E-state index in [9.17, 15) is 9.59 Å². The highest BCUT2D eigenvalue weighted by atomic mass is 16.5. The van der Waals surface area contributed by atoms with E-state index in [-0.39, 0.29) is 11.7 Å². The minimum absolute atomic E-state index is 0.0280. The standard InChI is InChI=1S/C18H16N2O3/c1-12(21)15-6-8-17(9-7-15)23-13(2)18(22)20-16-5-3-4-14(10-16)11-19/h3-10,13H,1-2H3,(H,20,22). The van der Waals surface area contributed by atoms with E-state index in [1.54, 1.807) is 55.5 Å². The number of anilines is 1. The quantitative estimate of drug-likeness (QED) is 0.860. The van der Waals surface area contributed by atoms with Gasteiger partial charge >= 0.3 is 0 Å². The van der Waals surface area contributed by atoms with Crippen LogP contribution in [0.2, 0.25) is 0 Å². The number of carbonyl (C=O) groups is 2. The molecule has 0 fully saturated rings. The van der Waals surface area contributed by atoms with E-state index in [0.717, 1.165) is 0 Å². The molecule has 0 bridgehead atoms. The average molecular weight is 308 g/mol. The summed E-state index contributed by atoms with van der Waals surface area (Å²) in [6, 6.07) is 15.3. The zero-order valence-corrected chi connectivity index (χ0v) is 12.9. The van der Waals surface area contributed by atoms with Gasteiger partial charge < -0.3 is 10.1 Å². The van der Waals surface area contributed by atoms with E-state index in [2.05, 4.69) is 5.32 Å². The van der Waals surface area contributed by atoms with Gasteiger partial charge in [-0.1, -0.05) is 6.07 Å². The zero-order valence-electron chi connectivity index (χ0n) is 12.9. The van der Waals surface area contributed by atoms with Crippen LogP contribution in [0.25, 0.3) is 0 Å². The Morgan fingerprint density at radius 2 is 1.87 bits per heavy atom. The fourth-order valence-corrected chi connectivity index (χ4v) is 1.94. The minimum Gasteiger partial charge on any atom is -0.481 e. The molecule has 5 heteroatoms. The number of amides is 1. The first kappa shape index (κ1) is 16.2. The van der Waals surface area contributed by atoms with Crippen LogP contribution in [0.15, 0.2) is 48.5 Å². The Balaban J connectivity index is 1.99. The van der Waals surface area contributed by atoms with Crippen molar-refractivity contribution in [3.05, 3.63) is 59.7 Å². The summed E-state index contributed by atoms with van der Waals surface area (Å²) in [5, 5.41) is 11.5. The van der Waals surface area contributed by atoms with Crippen LogP contribution in [0.4, 0.5) is 5.69 Å². The summed E-state index contributed by atoms with van der Waals surface area (Å²) in [5.74, 6) is 0.152.